The fourth-order valence-corrected chi connectivity index (χ4v) is 2.84. The first-order chi connectivity index (χ1) is 13.9. The molecule has 3 N–H and O–H groups in total. The molecule has 2 aromatic carbocycles. The number of carbonyl (C=O) groups excluding carboxylic acids is 3. The number of halogens is 1. The van der Waals surface area contributed by atoms with Crippen molar-refractivity contribution in [3.8, 4) is 0 Å². The summed E-state index contributed by atoms with van der Waals surface area (Å²) >= 11 is 3.31. The molecule has 2 unspecified atom stereocenters. The highest BCUT2D eigenvalue weighted by molar-refractivity contribution is 9.10. The van der Waals surface area contributed by atoms with E-state index in [-0.39, 0.29) is 25.4 Å². The van der Waals surface area contributed by atoms with Crippen molar-refractivity contribution < 1.29 is 24.2 Å². The molecular formula is C21H23BrN2O5. The second kappa shape index (κ2) is 11.3. The Balaban J connectivity index is 1.93. The van der Waals surface area contributed by atoms with Gasteiger partial charge in [0.2, 0.25) is 11.8 Å². The first-order valence-corrected chi connectivity index (χ1v) is 9.94. The largest absolute Gasteiger partial charge is 0.464 e. The van der Waals surface area contributed by atoms with Gasteiger partial charge in [0.05, 0.1) is 6.61 Å². The zero-order valence-electron chi connectivity index (χ0n) is 15.9. The standard InChI is InChI=1S/C21H23BrN2O5/c1-2-29-21(28)19(20(27)14-6-4-3-5-7-14)24-18(26)13-12-17(25)23-16-10-8-15(22)9-11-16/h3-11,19-20,27H,2,12-13H2,1H3,(H,23,25)(H,24,26). The minimum Gasteiger partial charge on any atom is -0.464 e. The lowest BCUT2D eigenvalue weighted by atomic mass is 10.0. The molecule has 0 heterocycles. The Kier molecular flexibility index (Phi) is 8.82. The van der Waals surface area contributed by atoms with Crippen LogP contribution in [-0.4, -0.2) is 35.5 Å². The van der Waals surface area contributed by atoms with E-state index in [0.29, 0.717) is 11.3 Å². The number of amides is 2. The maximum atomic E-state index is 12.3. The first kappa shape index (κ1) is 22.6. The van der Waals surface area contributed by atoms with Gasteiger partial charge in [0.25, 0.3) is 0 Å². The third kappa shape index (κ3) is 7.32. The zero-order valence-corrected chi connectivity index (χ0v) is 17.5. The molecule has 0 aliphatic carbocycles. The Morgan fingerprint density at radius 2 is 1.62 bits per heavy atom. The van der Waals surface area contributed by atoms with E-state index in [4.69, 9.17) is 4.74 Å². The predicted molar refractivity (Wildman–Crippen MR) is 112 cm³/mol. The molecule has 2 atom stereocenters. The SMILES string of the molecule is CCOC(=O)C(NC(=O)CCC(=O)Nc1ccc(Br)cc1)C(O)c1ccccc1. The second-order valence-electron chi connectivity index (χ2n) is 6.21. The Hall–Kier alpha value is -2.71. The monoisotopic (exact) mass is 462 g/mol. The average molecular weight is 463 g/mol. The van der Waals surface area contributed by atoms with Crippen molar-refractivity contribution in [3.05, 3.63) is 64.6 Å². The number of hydrogen-bond donors (Lipinski definition) is 3. The lowest BCUT2D eigenvalue weighted by Gasteiger charge is -2.22. The van der Waals surface area contributed by atoms with E-state index in [1.807, 2.05) is 0 Å². The number of aliphatic hydroxyl groups excluding tert-OH is 1. The number of benzene rings is 2. The van der Waals surface area contributed by atoms with Gasteiger partial charge in [-0.1, -0.05) is 46.3 Å². The van der Waals surface area contributed by atoms with Gasteiger partial charge in [-0.15, -0.1) is 0 Å². The molecule has 2 rings (SSSR count). The number of nitrogens with one attached hydrogen (secondary N) is 2. The number of hydrogen-bond acceptors (Lipinski definition) is 5. The van der Waals surface area contributed by atoms with Gasteiger partial charge in [0.15, 0.2) is 6.04 Å². The van der Waals surface area contributed by atoms with E-state index in [2.05, 4.69) is 26.6 Å². The molecule has 0 bridgehead atoms. The molecule has 0 radical (unpaired) electrons. The van der Waals surface area contributed by atoms with Crippen LogP contribution in [0.3, 0.4) is 0 Å². The highest BCUT2D eigenvalue weighted by Gasteiger charge is 2.31. The van der Waals surface area contributed by atoms with E-state index in [0.717, 1.165) is 4.47 Å². The average Bonchev–Trinajstić information content (AvgIpc) is 2.72. The molecular weight excluding hydrogens is 440 g/mol. The Morgan fingerprint density at radius 3 is 2.24 bits per heavy atom. The lowest BCUT2D eigenvalue weighted by Crippen LogP contribution is -2.46. The van der Waals surface area contributed by atoms with Crippen molar-refractivity contribution in [1.82, 2.24) is 5.32 Å². The zero-order chi connectivity index (χ0) is 21.2. The molecule has 2 aromatic rings. The van der Waals surface area contributed by atoms with Crippen LogP contribution in [0, 0.1) is 0 Å². The first-order valence-electron chi connectivity index (χ1n) is 9.15. The molecule has 0 aromatic heterocycles. The summed E-state index contributed by atoms with van der Waals surface area (Å²) in [6.07, 6.45) is -1.48. The van der Waals surface area contributed by atoms with Crippen LogP contribution in [0.5, 0.6) is 0 Å². The molecule has 8 heteroatoms. The molecule has 0 aliphatic heterocycles. The summed E-state index contributed by atoms with van der Waals surface area (Å²) < 4.78 is 5.85. The fourth-order valence-electron chi connectivity index (χ4n) is 2.57. The summed E-state index contributed by atoms with van der Waals surface area (Å²) in [5.74, 6) is -1.61. The van der Waals surface area contributed by atoms with Gasteiger partial charge in [-0.05, 0) is 36.8 Å². The normalized spacial score (nSPS) is 12.5. The van der Waals surface area contributed by atoms with Gasteiger partial charge in [0.1, 0.15) is 6.10 Å². The Morgan fingerprint density at radius 1 is 1.00 bits per heavy atom. The number of anilines is 1. The molecule has 0 spiro atoms. The lowest BCUT2D eigenvalue weighted by molar-refractivity contribution is -0.151. The number of esters is 1. The molecule has 0 fully saturated rings. The maximum Gasteiger partial charge on any atom is 0.331 e. The summed E-state index contributed by atoms with van der Waals surface area (Å²) in [4.78, 5) is 36.5. The van der Waals surface area contributed by atoms with Gasteiger partial charge in [-0.2, -0.15) is 0 Å². The number of carbonyl (C=O) groups is 3. The predicted octanol–water partition coefficient (Wildman–Crippen LogP) is 2.95. The van der Waals surface area contributed by atoms with Crippen LogP contribution in [0.1, 0.15) is 31.4 Å². The molecule has 0 saturated carbocycles. The van der Waals surface area contributed by atoms with Crippen molar-refractivity contribution in [2.45, 2.75) is 31.9 Å². The van der Waals surface area contributed by atoms with Gasteiger partial charge in [-0.25, -0.2) is 4.79 Å². The smallest absolute Gasteiger partial charge is 0.331 e. The number of rotatable bonds is 9. The van der Waals surface area contributed by atoms with Crippen LogP contribution in [0.4, 0.5) is 5.69 Å². The third-order valence-electron chi connectivity index (χ3n) is 4.02. The number of aliphatic hydroxyl groups is 1. The third-order valence-corrected chi connectivity index (χ3v) is 4.55. The van der Waals surface area contributed by atoms with Crippen LogP contribution < -0.4 is 10.6 Å². The fraction of sp³-hybridized carbons (Fsp3) is 0.286. The summed E-state index contributed by atoms with van der Waals surface area (Å²) in [6.45, 7) is 1.75. The maximum absolute atomic E-state index is 12.3. The minimum atomic E-state index is -1.27. The second-order valence-corrected chi connectivity index (χ2v) is 7.12. The van der Waals surface area contributed by atoms with Crippen LogP contribution in [-0.2, 0) is 19.1 Å². The van der Waals surface area contributed by atoms with Gasteiger partial charge in [-0.3, -0.25) is 9.59 Å². The molecule has 29 heavy (non-hydrogen) atoms. The molecule has 7 nitrogen and oxygen atoms in total. The molecule has 0 aliphatic rings. The van der Waals surface area contributed by atoms with Gasteiger partial charge in [0, 0.05) is 23.0 Å². The summed E-state index contributed by atoms with van der Waals surface area (Å²) in [5.41, 5.74) is 1.08. The van der Waals surface area contributed by atoms with Gasteiger partial charge >= 0.3 is 5.97 Å². The molecule has 154 valence electrons. The summed E-state index contributed by atoms with van der Waals surface area (Å²) in [5, 5.41) is 15.7. The van der Waals surface area contributed by atoms with E-state index < -0.39 is 24.0 Å². The summed E-state index contributed by atoms with van der Waals surface area (Å²) in [6, 6.07) is 14.3. The molecule has 2 amide bonds. The quantitative estimate of drug-likeness (QED) is 0.496. The van der Waals surface area contributed by atoms with Crippen LogP contribution in [0.15, 0.2) is 59.1 Å². The Bertz CT molecular complexity index is 827. The van der Waals surface area contributed by atoms with Crippen LogP contribution >= 0.6 is 15.9 Å². The van der Waals surface area contributed by atoms with Crippen molar-refractivity contribution in [1.29, 1.82) is 0 Å². The molecule has 0 saturated heterocycles. The highest BCUT2D eigenvalue weighted by atomic mass is 79.9. The van der Waals surface area contributed by atoms with Crippen molar-refractivity contribution in [2.75, 3.05) is 11.9 Å². The van der Waals surface area contributed by atoms with E-state index in [1.165, 1.54) is 0 Å². The number of ether oxygens (including phenoxy) is 1. The van der Waals surface area contributed by atoms with Gasteiger partial charge < -0.3 is 20.5 Å². The van der Waals surface area contributed by atoms with Crippen molar-refractivity contribution in [2.24, 2.45) is 0 Å². The van der Waals surface area contributed by atoms with Crippen molar-refractivity contribution in [3.63, 3.8) is 0 Å². The highest BCUT2D eigenvalue weighted by Crippen LogP contribution is 2.18. The van der Waals surface area contributed by atoms with Crippen LogP contribution in [0.2, 0.25) is 0 Å². The van der Waals surface area contributed by atoms with E-state index in [9.17, 15) is 19.5 Å². The van der Waals surface area contributed by atoms with Crippen molar-refractivity contribution >= 4 is 39.4 Å². The van der Waals surface area contributed by atoms with Crippen LogP contribution in [0.25, 0.3) is 0 Å². The van der Waals surface area contributed by atoms with E-state index >= 15 is 0 Å². The summed E-state index contributed by atoms with van der Waals surface area (Å²) in [7, 11) is 0. The minimum absolute atomic E-state index is 0.0706. The van der Waals surface area contributed by atoms with E-state index in [1.54, 1.807) is 61.5 Å². The Labute approximate surface area is 177 Å². The topological polar surface area (TPSA) is 105 Å².